The van der Waals surface area contributed by atoms with Crippen LogP contribution in [-0.4, -0.2) is 41.8 Å². The fraction of sp³-hybridized carbons (Fsp3) is 0.423. The maximum absolute atomic E-state index is 11.9. The van der Waals surface area contributed by atoms with E-state index in [1.807, 2.05) is 54.6 Å². The van der Waals surface area contributed by atoms with E-state index in [9.17, 15) is 5.11 Å². The van der Waals surface area contributed by atoms with E-state index in [1.54, 1.807) is 6.20 Å². The van der Waals surface area contributed by atoms with E-state index in [-0.39, 0.29) is 5.92 Å². The SMILES string of the molecule is C[N+](C)(CCOc1ccc(Cl)cc1)Cc1cnc(C(O)(c2ccccc2)C2CCCC2)o1. The predicted octanol–water partition coefficient (Wildman–Crippen LogP) is 5.41. The zero-order valence-electron chi connectivity index (χ0n) is 18.8. The highest BCUT2D eigenvalue weighted by Gasteiger charge is 2.45. The monoisotopic (exact) mass is 455 g/mol. The van der Waals surface area contributed by atoms with Crippen LogP contribution in [0.4, 0.5) is 0 Å². The van der Waals surface area contributed by atoms with Crippen LogP contribution in [0, 0.1) is 5.92 Å². The number of quaternary nitrogens is 1. The molecule has 1 atom stereocenters. The van der Waals surface area contributed by atoms with Gasteiger partial charge < -0.3 is 18.7 Å². The van der Waals surface area contributed by atoms with Crippen LogP contribution in [0.1, 0.15) is 42.9 Å². The normalized spacial score (nSPS) is 16.8. The van der Waals surface area contributed by atoms with Crippen LogP contribution in [0.3, 0.4) is 0 Å². The summed E-state index contributed by atoms with van der Waals surface area (Å²) in [6, 6.07) is 17.2. The molecular weight excluding hydrogens is 424 g/mol. The molecule has 170 valence electrons. The number of oxazole rings is 1. The molecule has 0 radical (unpaired) electrons. The number of halogens is 1. The Labute approximate surface area is 195 Å². The van der Waals surface area contributed by atoms with E-state index in [1.165, 1.54) is 0 Å². The van der Waals surface area contributed by atoms with E-state index in [2.05, 4.69) is 19.1 Å². The summed E-state index contributed by atoms with van der Waals surface area (Å²) in [5, 5.41) is 12.6. The molecule has 1 N–H and O–H groups in total. The van der Waals surface area contributed by atoms with Gasteiger partial charge >= 0.3 is 0 Å². The molecule has 1 aliphatic carbocycles. The molecule has 0 amide bonds. The van der Waals surface area contributed by atoms with Crippen molar-refractivity contribution in [3.8, 4) is 5.75 Å². The van der Waals surface area contributed by atoms with Crippen molar-refractivity contribution in [2.45, 2.75) is 37.8 Å². The van der Waals surface area contributed by atoms with Gasteiger partial charge in [0.1, 0.15) is 25.4 Å². The average Bonchev–Trinajstić information content (AvgIpc) is 3.48. The fourth-order valence-electron chi connectivity index (χ4n) is 4.57. The summed E-state index contributed by atoms with van der Waals surface area (Å²) in [5.74, 6) is 2.10. The molecule has 0 bridgehead atoms. The van der Waals surface area contributed by atoms with Gasteiger partial charge in [0.2, 0.25) is 5.89 Å². The lowest BCUT2D eigenvalue weighted by Crippen LogP contribution is -2.41. The van der Waals surface area contributed by atoms with Crippen molar-refractivity contribution in [2.75, 3.05) is 27.2 Å². The van der Waals surface area contributed by atoms with Gasteiger partial charge in [-0.2, -0.15) is 0 Å². The molecule has 1 saturated carbocycles. The molecule has 1 aliphatic rings. The van der Waals surface area contributed by atoms with Gasteiger partial charge in [-0.15, -0.1) is 0 Å². The summed E-state index contributed by atoms with van der Waals surface area (Å²) < 4.78 is 12.7. The first-order valence-corrected chi connectivity index (χ1v) is 11.7. The number of hydrogen-bond donors (Lipinski definition) is 1. The van der Waals surface area contributed by atoms with Crippen molar-refractivity contribution in [1.29, 1.82) is 0 Å². The summed E-state index contributed by atoms with van der Waals surface area (Å²) in [7, 11) is 4.27. The Kier molecular flexibility index (Phi) is 6.89. The molecule has 1 aromatic heterocycles. The van der Waals surface area contributed by atoms with Crippen LogP contribution in [0.2, 0.25) is 5.02 Å². The van der Waals surface area contributed by atoms with E-state index in [0.717, 1.165) is 49.3 Å². The Hall–Kier alpha value is -2.34. The first-order valence-electron chi connectivity index (χ1n) is 11.3. The van der Waals surface area contributed by atoms with Crippen LogP contribution in [0.25, 0.3) is 0 Å². The Bertz CT molecular complexity index is 997. The van der Waals surface area contributed by atoms with Crippen molar-refractivity contribution in [2.24, 2.45) is 5.92 Å². The van der Waals surface area contributed by atoms with Crippen molar-refractivity contribution in [3.05, 3.63) is 83.0 Å². The van der Waals surface area contributed by atoms with Gasteiger partial charge in [-0.05, 0) is 42.7 Å². The molecule has 4 rings (SSSR count). The van der Waals surface area contributed by atoms with Gasteiger partial charge in [-0.1, -0.05) is 54.8 Å². The van der Waals surface area contributed by atoms with Gasteiger partial charge in [0.25, 0.3) is 0 Å². The van der Waals surface area contributed by atoms with Gasteiger partial charge in [0.15, 0.2) is 11.4 Å². The quantitative estimate of drug-likeness (QED) is 0.438. The van der Waals surface area contributed by atoms with Crippen LogP contribution >= 0.6 is 11.6 Å². The second-order valence-electron chi connectivity index (χ2n) is 9.37. The number of benzene rings is 2. The summed E-state index contributed by atoms with van der Waals surface area (Å²) in [4.78, 5) is 4.56. The number of likely N-dealkylation sites (N-methyl/N-ethyl adjacent to an activating group) is 1. The maximum Gasteiger partial charge on any atom is 0.231 e. The minimum absolute atomic E-state index is 0.117. The summed E-state index contributed by atoms with van der Waals surface area (Å²) in [5.41, 5.74) is -0.337. The highest BCUT2D eigenvalue weighted by Crippen LogP contribution is 2.44. The molecule has 0 aliphatic heterocycles. The molecule has 1 fully saturated rings. The first kappa shape index (κ1) is 22.8. The van der Waals surface area contributed by atoms with E-state index in [0.29, 0.717) is 28.5 Å². The van der Waals surface area contributed by atoms with Crippen LogP contribution in [-0.2, 0) is 12.1 Å². The third kappa shape index (κ3) is 5.17. The Balaban J connectivity index is 1.45. The van der Waals surface area contributed by atoms with E-state index >= 15 is 0 Å². The number of rotatable bonds is 9. The molecule has 0 spiro atoms. The molecule has 1 heterocycles. The third-order valence-electron chi connectivity index (χ3n) is 6.40. The molecule has 3 aromatic rings. The highest BCUT2D eigenvalue weighted by molar-refractivity contribution is 6.30. The van der Waals surface area contributed by atoms with Crippen LogP contribution < -0.4 is 4.74 Å². The number of aliphatic hydroxyl groups is 1. The second kappa shape index (κ2) is 9.65. The minimum atomic E-state index is -1.19. The predicted molar refractivity (Wildman–Crippen MR) is 126 cm³/mol. The molecular formula is C26H32ClN2O3+. The molecule has 0 saturated heterocycles. The smallest absolute Gasteiger partial charge is 0.231 e. The van der Waals surface area contributed by atoms with Crippen molar-refractivity contribution in [3.63, 3.8) is 0 Å². The van der Waals surface area contributed by atoms with Gasteiger partial charge in [-0.25, -0.2) is 4.98 Å². The van der Waals surface area contributed by atoms with Gasteiger partial charge in [-0.3, -0.25) is 0 Å². The van der Waals surface area contributed by atoms with Gasteiger partial charge in [0.05, 0.1) is 20.3 Å². The Morgan fingerprint density at radius 1 is 1.09 bits per heavy atom. The Morgan fingerprint density at radius 3 is 2.47 bits per heavy atom. The van der Waals surface area contributed by atoms with Gasteiger partial charge in [0, 0.05) is 10.9 Å². The third-order valence-corrected chi connectivity index (χ3v) is 6.65. The zero-order chi connectivity index (χ0) is 22.6. The largest absolute Gasteiger partial charge is 0.488 e. The lowest BCUT2D eigenvalue weighted by molar-refractivity contribution is -0.904. The summed E-state index contributed by atoms with van der Waals surface area (Å²) in [6.45, 7) is 2.03. The Morgan fingerprint density at radius 2 is 1.78 bits per heavy atom. The maximum atomic E-state index is 11.9. The zero-order valence-corrected chi connectivity index (χ0v) is 19.6. The van der Waals surface area contributed by atoms with Crippen LogP contribution in [0.5, 0.6) is 5.75 Å². The summed E-state index contributed by atoms with van der Waals surface area (Å²) >= 11 is 5.93. The van der Waals surface area contributed by atoms with Crippen molar-refractivity contribution >= 4 is 11.6 Å². The van der Waals surface area contributed by atoms with Crippen molar-refractivity contribution < 1.29 is 18.7 Å². The summed E-state index contributed by atoms with van der Waals surface area (Å²) in [6.07, 6.45) is 5.98. The molecule has 1 unspecified atom stereocenters. The van der Waals surface area contributed by atoms with Crippen molar-refractivity contribution in [1.82, 2.24) is 4.98 Å². The molecule has 32 heavy (non-hydrogen) atoms. The molecule has 2 aromatic carbocycles. The first-order chi connectivity index (χ1) is 15.4. The number of hydrogen-bond acceptors (Lipinski definition) is 4. The van der Waals surface area contributed by atoms with Crippen LogP contribution in [0.15, 0.2) is 65.2 Å². The minimum Gasteiger partial charge on any atom is -0.488 e. The average molecular weight is 456 g/mol. The fourth-order valence-corrected chi connectivity index (χ4v) is 4.69. The number of ether oxygens (including phenoxy) is 1. The molecule has 5 nitrogen and oxygen atoms in total. The lowest BCUT2D eigenvalue weighted by Gasteiger charge is -2.32. The van der Waals surface area contributed by atoms with E-state index in [4.69, 9.17) is 20.8 Å². The van der Waals surface area contributed by atoms with E-state index < -0.39 is 5.60 Å². The number of nitrogens with zero attached hydrogens (tertiary/aromatic N) is 2. The standard InChI is InChI=1S/C26H32ClN2O3/c1-29(2,16-17-31-23-14-12-22(27)13-15-23)19-24-18-28-25(32-24)26(30,21-10-6-7-11-21)20-8-4-3-5-9-20/h3-5,8-9,12-15,18,21,30H,6-7,10-11,16-17,19H2,1-2H3/q+1. The second-order valence-corrected chi connectivity index (χ2v) is 9.80. The topological polar surface area (TPSA) is 55.5 Å². The number of aromatic nitrogens is 1. The lowest BCUT2D eigenvalue weighted by atomic mass is 9.80. The highest BCUT2D eigenvalue weighted by atomic mass is 35.5. The molecule has 6 heteroatoms.